The van der Waals surface area contributed by atoms with Crippen molar-refractivity contribution in [3.05, 3.63) is 23.5 Å². The maximum atomic E-state index is 5.89. The van der Waals surface area contributed by atoms with Gasteiger partial charge in [0.25, 0.3) is 0 Å². The molecule has 8 heteroatoms. The lowest BCUT2D eigenvalue weighted by atomic mass is 10.4. The molecule has 0 saturated carbocycles. The Hall–Kier alpha value is -2.15. The Morgan fingerprint density at radius 3 is 2.71 bits per heavy atom. The van der Waals surface area contributed by atoms with Gasteiger partial charge in [0, 0.05) is 32.4 Å². The lowest BCUT2D eigenvalue weighted by Crippen LogP contribution is -2.21. The standard InChI is InChI=1S/C13H15ClN6O/c1-15-11-17-12(20-4-2-3-5-20)19-13(18-11)21-10-6-9(14)7-16-8-10/h6-8H,2-5H2,1H3,(H,15,17,18,19). The molecule has 110 valence electrons. The first-order valence-corrected chi connectivity index (χ1v) is 7.09. The number of anilines is 2. The van der Waals surface area contributed by atoms with Crippen LogP contribution in [-0.4, -0.2) is 40.1 Å². The van der Waals surface area contributed by atoms with E-state index in [2.05, 4.69) is 30.2 Å². The average molecular weight is 307 g/mol. The number of pyridine rings is 1. The lowest BCUT2D eigenvalue weighted by Gasteiger charge is -2.16. The average Bonchev–Trinajstić information content (AvgIpc) is 3.01. The van der Waals surface area contributed by atoms with Crippen molar-refractivity contribution in [2.75, 3.05) is 30.4 Å². The summed E-state index contributed by atoms with van der Waals surface area (Å²) in [6.45, 7) is 1.90. The zero-order chi connectivity index (χ0) is 14.7. The first-order chi connectivity index (χ1) is 10.2. The third-order valence-electron chi connectivity index (χ3n) is 3.10. The van der Waals surface area contributed by atoms with Gasteiger partial charge < -0.3 is 15.0 Å². The van der Waals surface area contributed by atoms with Crippen molar-refractivity contribution in [3.63, 3.8) is 0 Å². The van der Waals surface area contributed by atoms with Gasteiger partial charge in [0.15, 0.2) is 5.75 Å². The number of hydrogen-bond acceptors (Lipinski definition) is 7. The summed E-state index contributed by atoms with van der Waals surface area (Å²) in [7, 11) is 1.76. The van der Waals surface area contributed by atoms with Gasteiger partial charge in [-0.05, 0) is 12.8 Å². The van der Waals surface area contributed by atoms with Crippen LogP contribution in [0.25, 0.3) is 0 Å². The number of nitrogens with zero attached hydrogens (tertiary/aromatic N) is 5. The van der Waals surface area contributed by atoms with Crippen LogP contribution in [0.15, 0.2) is 18.5 Å². The van der Waals surface area contributed by atoms with Crippen molar-refractivity contribution < 1.29 is 4.74 Å². The van der Waals surface area contributed by atoms with Crippen LogP contribution >= 0.6 is 11.6 Å². The Labute approximate surface area is 127 Å². The van der Waals surface area contributed by atoms with E-state index in [1.165, 1.54) is 6.20 Å². The number of halogens is 1. The van der Waals surface area contributed by atoms with E-state index in [1.807, 2.05) is 0 Å². The topological polar surface area (TPSA) is 76.1 Å². The van der Waals surface area contributed by atoms with Gasteiger partial charge in [-0.3, -0.25) is 4.98 Å². The quantitative estimate of drug-likeness (QED) is 0.929. The highest BCUT2D eigenvalue weighted by atomic mass is 35.5. The molecule has 7 nitrogen and oxygen atoms in total. The summed E-state index contributed by atoms with van der Waals surface area (Å²) < 4.78 is 5.63. The fourth-order valence-corrected chi connectivity index (χ4v) is 2.28. The van der Waals surface area contributed by atoms with Crippen molar-refractivity contribution in [1.29, 1.82) is 0 Å². The number of ether oxygens (including phenoxy) is 1. The minimum Gasteiger partial charge on any atom is -0.422 e. The van der Waals surface area contributed by atoms with Crippen molar-refractivity contribution in [2.45, 2.75) is 12.8 Å². The maximum absolute atomic E-state index is 5.89. The third kappa shape index (κ3) is 3.30. The van der Waals surface area contributed by atoms with Crippen LogP contribution < -0.4 is 15.0 Å². The Morgan fingerprint density at radius 2 is 2.00 bits per heavy atom. The minimum atomic E-state index is 0.223. The monoisotopic (exact) mass is 306 g/mol. The van der Waals surface area contributed by atoms with Gasteiger partial charge in [-0.1, -0.05) is 11.6 Å². The van der Waals surface area contributed by atoms with Crippen LogP contribution in [-0.2, 0) is 0 Å². The normalized spacial score (nSPS) is 14.3. The van der Waals surface area contributed by atoms with Crippen molar-refractivity contribution in [3.8, 4) is 11.8 Å². The molecule has 0 spiro atoms. The molecule has 0 atom stereocenters. The Morgan fingerprint density at radius 1 is 1.19 bits per heavy atom. The molecule has 1 N–H and O–H groups in total. The van der Waals surface area contributed by atoms with Gasteiger partial charge in [0.05, 0.1) is 11.2 Å². The molecule has 1 fully saturated rings. The zero-order valence-corrected chi connectivity index (χ0v) is 12.3. The second-order valence-electron chi connectivity index (χ2n) is 4.63. The zero-order valence-electron chi connectivity index (χ0n) is 11.6. The molecular weight excluding hydrogens is 292 g/mol. The second kappa shape index (κ2) is 6.09. The van der Waals surface area contributed by atoms with E-state index < -0.39 is 0 Å². The molecule has 0 unspecified atom stereocenters. The Kier molecular flexibility index (Phi) is 4.01. The molecule has 0 aromatic carbocycles. The van der Waals surface area contributed by atoms with Crippen LogP contribution in [0.1, 0.15) is 12.8 Å². The van der Waals surface area contributed by atoms with Crippen LogP contribution in [0.4, 0.5) is 11.9 Å². The van der Waals surface area contributed by atoms with E-state index in [9.17, 15) is 0 Å². The summed E-state index contributed by atoms with van der Waals surface area (Å²) in [5.74, 6) is 1.58. The molecule has 1 saturated heterocycles. The molecule has 1 aliphatic rings. The molecular formula is C13H15ClN6O. The predicted molar refractivity (Wildman–Crippen MR) is 80.1 cm³/mol. The van der Waals surface area contributed by atoms with E-state index in [1.54, 1.807) is 19.3 Å². The van der Waals surface area contributed by atoms with Gasteiger partial charge in [0.1, 0.15) is 0 Å². The van der Waals surface area contributed by atoms with Gasteiger partial charge in [-0.15, -0.1) is 0 Å². The van der Waals surface area contributed by atoms with Crippen molar-refractivity contribution in [1.82, 2.24) is 19.9 Å². The molecule has 3 heterocycles. The molecule has 3 rings (SSSR count). The first kappa shape index (κ1) is 13.8. The van der Waals surface area contributed by atoms with Crippen LogP contribution in [0, 0.1) is 0 Å². The number of nitrogens with one attached hydrogen (secondary N) is 1. The van der Waals surface area contributed by atoms with Gasteiger partial charge in [0.2, 0.25) is 11.9 Å². The molecule has 1 aliphatic heterocycles. The molecule has 21 heavy (non-hydrogen) atoms. The van der Waals surface area contributed by atoms with Gasteiger partial charge >= 0.3 is 6.01 Å². The molecule has 0 bridgehead atoms. The van der Waals surface area contributed by atoms with E-state index in [0.717, 1.165) is 25.9 Å². The summed E-state index contributed by atoms with van der Waals surface area (Å²) in [6, 6.07) is 1.88. The Balaban J connectivity index is 1.88. The third-order valence-corrected chi connectivity index (χ3v) is 3.31. The molecule has 2 aromatic heterocycles. The number of rotatable bonds is 4. The van der Waals surface area contributed by atoms with Gasteiger partial charge in [-0.25, -0.2) is 0 Å². The Bertz CT molecular complexity index is 632. The summed E-state index contributed by atoms with van der Waals surface area (Å²) in [5.41, 5.74) is 0. The summed E-state index contributed by atoms with van der Waals surface area (Å²) in [5, 5.41) is 3.41. The molecule has 2 aromatic rings. The van der Waals surface area contributed by atoms with E-state index >= 15 is 0 Å². The minimum absolute atomic E-state index is 0.223. The summed E-state index contributed by atoms with van der Waals surface area (Å²) >= 11 is 5.89. The summed E-state index contributed by atoms with van der Waals surface area (Å²) in [6.07, 6.45) is 5.39. The molecule has 0 amide bonds. The van der Waals surface area contributed by atoms with Crippen LogP contribution in [0.2, 0.25) is 5.02 Å². The van der Waals surface area contributed by atoms with Crippen molar-refractivity contribution in [2.24, 2.45) is 0 Å². The van der Waals surface area contributed by atoms with E-state index in [0.29, 0.717) is 22.7 Å². The number of hydrogen-bond donors (Lipinski definition) is 1. The highest BCUT2D eigenvalue weighted by Crippen LogP contribution is 2.24. The lowest BCUT2D eigenvalue weighted by molar-refractivity contribution is 0.438. The highest BCUT2D eigenvalue weighted by Gasteiger charge is 2.18. The molecule has 0 radical (unpaired) electrons. The molecule has 0 aliphatic carbocycles. The second-order valence-corrected chi connectivity index (χ2v) is 5.06. The fraction of sp³-hybridized carbons (Fsp3) is 0.385. The number of aromatic nitrogens is 4. The van der Waals surface area contributed by atoms with E-state index in [4.69, 9.17) is 16.3 Å². The van der Waals surface area contributed by atoms with E-state index in [-0.39, 0.29) is 6.01 Å². The van der Waals surface area contributed by atoms with Crippen LogP contribution in [0.3, 0.4) is 0 Å². The largest absolute Gasteiger partial charge is 0.422 e. The first-order valence-electron chi connectivity index (χ1n) is 6.72. The summed E-state index contributed by atoms with van der Waals surface area (Å²) in [4.78, 5) is 19.0. The SMILES string of the molecule is CNc1nc(Oc2cncc(Cl)c2)nc(N2CCCC2)n1. The van der Waals surface area contributed by atoms with Crippen molar-refractivity contribution >= 4 is 23.5 Å². The van der Waals surface area contributed by atoms with Crippen LogP contribution in [0.5, 0.6) is 11.8 Å². The smallest absolute Gasteiger partial charge is 0.328 e. The van der Waals surface area contributed by atoms with Gasteiger partial charge in [-0.2, -0.15) is 15.0 Å². The maximum Gasteiger partial charge on any atom is 0.328 e. The fourth-order valence-electron chi connectivity index (χ4n) is 2.12. The predicted octanol–water partition coefficient (Wildman–Crippen LogP) is 2.35. The highest BCUT2D eigenvalue weighted by molar-refractivity contribution is 6.30.